The van der Waals surface area contributed by atoms with Crippen LogP contribution in [-0.2, 0) is 11.2 Å². The molecule has 0 bridgehead atoms. The van der Waals surface area contributed by atoms with Crippen LogP contribution in [0.4, 0.5) is 5.69 Å². The third-order valence-electron chi connectivity index (χ3n) is 5.05. The van der Waals surface area contributed by atoms with E-state index in [9.17, 15) is 4.79 Å². The highest BCUT2D eigenvalue weighted by Gasteiger charge is 2.37. The topological polar surface area (TPSA) is 81.1 Å². The minimum absolute atomic E-state index is 0.114. The van der Waals surface area contributed by atoms with Crippen LogP contribution in [0.25, 0.3) is 0 Å². The SMILES string of the molecule is CCc1ccccc1NC(=O)C1Sc2nnc(C)n2NC1c1ccc(OC)c(Cl)c1. The number of rotatable bonds is 5. The number of para-hydroxylation sites is 1. The number of hydrogen-bond acceptors (Lipinski definition) is 6. The maximum Gasteiger partial charge on any atom is 0.240 e. The third kappa shape index (κ3) is 3.85. The van der Waals surface area contributed by atoms with Gasteiger partial charge in [0.2, 0.25) is 11.1 Å². The lowest BCUT2D eigenvalue weighted by Gasteiger charge is -2.33. The molecular weight excluding hydrogens is 422 g/mol. The van der Waals surface area contributed by atoms with E-state index in [1.54, 1.807) is 17.9 Å². The molecule has 0 aliphatic carbocycles. The number of carbonyl (C=O) groups excluding carboxylic acids is 1. The summed E-state index contributed by atoms with van der Waals surface area (Å²) < 4.78 is 7.07. The van der Waals surface area contributed by atoms with E-state index in [0.717, 1.165) is 29.1 Å². The Labute approximate surface area is 184 Å². The first-order chi connectivity index (χ1) is 14.5. The maximum absolute atomic E-state index is 13.4. The highest BCUT2D eigenvalue weighted by molar-refractivity contribution is 8.00. The zero-order valence-electron chi connectivity index (χ0n) is 16.8. The molecule has 30 heavy (non-hydrogen) atoms. The van der Waals surface area contributed by atoms with Crippen LogP contribution in [0.15, 0.2) is 47.6 Å². The Kier molecular flexibility index (Phi) is 5.87. The number of thioether (sulfide) groups is 1. The van der Waals surface area contributed by atoms with Gasteiger partial charge in [0.25, 0.3) is 0 Å². The van der Waals surface area contributed by atoms with Gasteiger partial charge in [0.1, 0.15) is 16.8 Å². The van der Waals surface area contributed by atoms with Crippen molar-refractivity contribution in [1.29, 1.82) is 0 Å². The molecule has 1 aliphatic rings. The van der Waals surface area contributed by atoms with Crippen molar-refractivity contribution >= 4 is 35.0 Å². The van der Waals surface area contributed by atoms with Crippen LogP contribution in [0.3, 0.4) is 0 Å². The first kappa shape index (κ1) is 20.6. The van der Waals surface area contributed by atoms with Crippen LogP contribution in [0.2, 0.25) is 5.02 Å². The summed E-state index contributed by atoms with van der Waals surface area (Å²) in [5.74, 6) is 1.19. The molecule has 0 saturated heterocycles. The van der Waals surface area contributed by atoms with Crippen LogP contribution >= 0.6 is 23.4 Å². The minimum atomic E-state index is -0.476. The number of hydrogen-bond donors (Lipinski definition) is 2. The Morgan fingerprint density at radius 1 is 1.30 bits per heavy atom. The quantitative estimate of drug-likeness (QED) is 0.614. The van der Waals surface area contributed by atoms with Gasteiger partial charge in [0, 0.05) is 5.69 Å². The third-order valence-corrected chi connectivity index (χ3v) is 6.56. The standard InChI is InChI=1S/C21H22ClN5O2S/c1-4-13-7-5-6-8-16(13)23-20(28)19-18(14-9-10-17(29-3)15(22)11-14)26-27-12(2)24-25-21(27)30-19/h5-11,18-19,26H,4H2,1-3H3,(H,23,28). The minimum Gasteiger partial charge on any atom is -0.495 e. The second kappa shape index (κ2) is 8.57. The smallest absolute Gasteiger partial charge is 0.240 e. The van der Waals surface area contributed by atoms with Crippen molar-refractivity contribution in [3.05, 3.63) is 64.4 Å². The van der Waals surface area contributed by atoms with Gasteiger partial charge in [-0.05, 0) is 42.7 Å². The molecule has 156 valence electrons. The Morgan fingerprint density at radius 2 is 2.10 bits per heavy atom. The van der Waals surface area contributed by atoms with Gasteiger partial charge in [-0.25, -0.2) is 4.68 Å². The molecule has 2 heterocycles. The number of benzene rings is 2. The highest BCUT2D eigenvalue weighted by atomic mass is 35.5. The van der Waals surface area contributed by atoms with E-state index in [1.807, 2.05) is 43.3 Å². The summed E-state index contributed by atoms with van der Waals surface area (Å²) in [6, 6.07) is 13.0. The highest BCUT2D eigenvalue weighted by Crippen LogP contribution is 2.39. The van der Waals surface area contributed by atoms with E-state index < -0.39 is 5.25 Å². The Morgan fingerprint density at radius 3 is 2.83 bits per heavy atom. The van der Waals surface area contributed by atoms with Gasteiger partial charge in [-0.2, -0.15) is 0 Å². The molecule has 2 unspecified atom stereocenters. The first-order valence-electron chi connectivity index (χ1n) is 9.59. The molecule has 0 saturated carbocycles. The van der Waals surface area contributed by atoms with Crippen LogP contribution in [0.5, 0.6) is 5.75 Å². The lowest BCUT2D eigenvalue weighted by molar-refractivity contribution is -0.116. The second-order valence-electron chi connectivity index (χ2n) is 6.90. The predicted molar refractivity (Wildman–Crippen MR) is 119 cm³/mol. The monoisotopic (exact) mass is 443 g/mol. The number of fused-ring (bicyclic) bond motifs is 1. The molecule has 9 heteroatoms. The van der Waals surface area contributed by atoms with E-state index in [4.69, 9.17) is 16.3 Å². The van der Waals surface area contributed by atoms with E-state index in [1.165, 1.54) is 11.8 Å². The van der Waals surface area contributed by atoms with Gasteiger partial charge in [-0.3, -0.25) is 4.79 Å². The normalized spacial score (nSPS) is 17.7. The van der Waals surface area contributed by atoms with E-state index in [2.05, 4.69) is 27.9 Å². The van der Waals surface area contributed by atoms with Crippen LogP contribution in [-0.4, -0.2) is 33.1 Å². The van der Waals surface area contributed by atoms with Crippen molar-refractivity contribution in [3.63, 3.8) is 0 Å². The van der Waals surface area contributed by atoms with E-state index in [-0.39, 0.29) is 11.9 Å². The molecule has 2 atom stereocenters. The summed E-state index contributed by atoms with van der Waals surface area (Å²) in [6.45, 7) is 3.93. The van der Waals surface area contributed by atoms with Gasteiger partial charge in [-0.15, -0.1) is 10.2 Å². The van der Waals surface area contributed by atoms with Crippen LogP contribution < -0.4 is 15.5 Å². The van der Waals surface area contributed by atoms with Gasteiger partial charge >= 0.3 is 0 Å². The lowest BCUT2D eigenvalue weighted by atomic mass is 10.0. The van der Waals surface area contributed by atoms with Crippen molar-refractivity contribution in [2.45, 2.75) is 36.7 Å². The average molecular weight is 444 g/mol. The number of ether oxygens (including phenoxy) is 1. The van der Waals surface area contributed by atoms with Crippen molar-refractivity contribution < 1.29 is 9.53 Å². The molecule has 2 N–H and O–H groups in total. The number of nitrogens with one attached hydrogen (secondary N) is 2. The fourth-order valence-corrected chi connectivity index (χ4v) is 4.83. The van der Waals surface area contributed by atoms with Crippen molar-refractivity contribution in [3.8, 4) is 5.75 Å². The number of aryl methyl sites for hydroxylation is 2. The van der Waals surface area contributed by atoms with Gasteiger partial charge in [-0.1, -0.05) is 54.6 Å². The maximum atomic E-state index is 13.4. The molecule has 1 aliphatic heterocycles. The van der Waals surface area contributed by atoms with E-state index in [0.29, 0.717) is 15.9 Å². The molecule has 1 amide bonds. The fraction of sp³-hybridized carbons (Fsp3) is 0.286. The number of amides is 1. The fourth-order valence-electron chi connectivity index (χ4n) is 3.44. The molecule has 2 aromatic carbocycles. The predicted octanol–water partition coefficient (Wildman–Crippen LogP) is 4.21. The number of nitrogens with zero attached hydrogens (tertiary/aromatic N) is 3. The Balaban J connectivity index is 1.69. The number of methoxy groups -OCH3 is 1. The number of carbonyl (C=O) groups is 1. The summed E-state index contributed by atoms with van der Waals surface area (Å²) in [5.41, 5.74) is 6.16. The molecular formula is C21H22ClN5O2S. The van der Waals surface area contributed by atoms with Crippen LogP contribution in [0.1, 0.15) is 29.9 Å². The average Bonchev–Trinajstić information content (AvgIpc) is 3.13. The molecule has 7 nitrogen and oxygen atoms in total. The van der Waals surface area contributed by atoms with Crippen molar-refractivity contribution in [2.24, 2.45) is 0 Å². The Bertz CT molecular complexity index is 1090. The zero-order chi connectivity index (χ0) is 21.3. The summed E-state index contributed by atoms with van der Waals surface area (Å²) in [5, 5.41) is 12.1. The molecule has 0 fully saturated rings. The van der Waals surface area contributed by atoms with Gasteiger partial charge in [0.15, 0.2) is 0 Å². The van der Waals surface area contributed by atoms with Gasteiger partial charge < -0.3 is 15.5 Å². The number of anilines is 1. The van der Waals surface area contributed by atoms with Gasteiger partial charge in [0.05, 0.1) is 18.2 Å². The lowest BCUT2D eigenvalue weighted by Crippen LogP contribution is -2.41. The largest absolute Gasteiger partial charge is 0.495 e. The van der Waals surface area contributed by atoms with Crippen molar-refractivity contribution in [1.82, 2.24) is 14.9 Å². The summed E-state index contributed by atoms with van der Waals surface area (Å²) in [7, 11) is 1.57. The number of halogens is 1. The summed E-state index contributed by atoms with van der Waals surface area (Å²) >= 11 is 7.74. The molecule has 4 rings (SSSR count). The second-order valence-corrected chi connectivity index (χ2v) is 8.42. The zero-order valence-corrected chi connectivity index (χ0v) is 18.4. The summed E-state index contributed by atoms with van der Waals surface area (Å²) in [6.07, 6.45) is 0.831. The molecule has 1 aromatic heterocycles. The molecule has 0 radical (unpaired) electrons. The molecule has 0 spiro atoms. The molecule has 3 aromatic rings. The van der Waals surface area contributed by atoms with Crippen LogP contribution in [0, 0.1) is 6.92 Å². The Hall–Kier alpha value is -2.71. The summed E-state index contributed by atoms with van der Waals surface area (Å²) in [4.78, 5) is 13.4. The van der Waals surface area contributed by atoms with Crippen molar-refractivity contribution in [2.75, 3.05) is 17.9 Å². The number of aromatic nitrogens is 3. The first-order valence-corrected chi connectivity index (χ1v) is 10.8. The van der Waals surface area contributed by atoms with E-state index >= 15 is 0 Å².